The molecule has 112 valence electrons. The van der Waals surface area contributed by atoms with Crippen molar-refractivity contribution in [1.82, 2.24) is 9.47 Å². The van der Waals surface area contributed by atoms with Crippen LogP contribution in [0.15, 0.2) is 23.1 Å². The van der Waals surface area contributed by atoms with Gasteiger partial charge in [-0.1, -0.05) is 0 Å². The summed E-state index contributed by atoms with van der Waals surface area (Å²) in [5.41, 5.74) is -0.862. The van der Waals surface area contributed by atoms with Gasteiger partial charge in [0, 0.05) is 18.7 Å². The molecule has 1 saturated heterocycles. The molecule has 0 spiro atoms. The van der Waals surface area contributed by atoms with E-state index in [0.29, 0.717) is 19.4 Å². The fourth-order valence-electron chi connectivity index (χ4n) is 2.31. The topological polar surface area (TPSA) is 123 Å². The summed E-state index contributed by atoms with van der Waals surface area (Å²) in [6.45, 7) is -0.107. The fourth-order valence-corrected chi connectivity index (χ4v) is 2.31. The average Bonchev–Trinajstić information content (AvgIpc) is 2.90. The van der Waals surface area contributed by atoms with Gasteiger partial charge in [-0.25, -0.2) is 4.79 Å². The number of likely N-dealkylation sites (tertiary alicyclic amines) is 1. The Bertz CT molecular complexity index is 653. The molecule has 1 aliphatic heterocycles. The molecule has 1 atom stereocenters. The minimum absolute atomic E-state index is 0.305. The van der Waals surface area contributed by atoms with Crippen LogP contribution in [0.3, 0.4) is 0 Å². The van der Waals surface area contributed by atoms with Crippen molar-refractivity contribution >= 4 is 17.6 Å². The second-order valence-electron chi connectivity index (χ2n) is 4.69. The lowest BCUT2D eigenvalue weighted by Gasteiger charge is -2.21. The molecule has 1 amide bonds. The lowest BCUT2D eigenvalue weighted by atomic mass is 10.2. The van der Waals surface area contributed by atoms with Gasteiger partial charge in [0.1, 0.15) is 12.6 Å². The van der Waals surface area contributed by atoms with E-state index in [-0.39, 0.29) is 5.69 Å². The van der Waals surface area contributed by atoms with Crippen molar-refractivity contribution < 1.29 is 19.6 Å². The van der Waals surface area contributed by atoms with Gasteiger partial charge in [-0.3, -0.25) is 24.3 Å². The van der Waals surface area contributed by atoms with E-state index in [9.17, 15) is 24.5 Å². The van der Waals surface area contributed by atoms with Crippen LogP contribution in [0.1, 0.15) is 12.8 Å². The van der Waals surface area contributed by atoms with E-state index in [1.54, 1.807) is 0 Å². The maximum absolute atomic E-state index is 12.1. The number of hydrogen-bond acceptors (Lipinski definition) is 5. The lowest BCUT2D eigenvalue weighted by molar-refractivity contribution is -0.385. The van der Waals surface area contributed by atoms with Crippen molar-refractivity contribution in [2.24, 2.45) is 0 Å². The fraction of sp³-hybridized carbons (Fsp3) is 0.417. The van der Waals surface area contributed by atoms with Crippen molar-refractivity contribution in [2.45, 2.75) is 25.4 Å². The molecule has 2 rings (SSSR count). The van der Waals surface area contributed by atoms with Crippen molar-refractivity contribution in [1.29, 1.82) is 0 Å². The predicted octanol–water partition coefficient (Wildman–Crippen LogP) is -0.168. The minimum Gasteiger partial charge on any atom is -0.480 e. The number of aromatic nitrogens is 1. The second-order valence-corrected chi connectivity index (χ2v) is 4.69. The van der Waals surface area contributed by atoms with Gasteiger partial charge in [0.05, 0.1) is 11.1 Å². The molecule has 2 heterocycles. The number of hydrogen-bond donors (Lipinski definition) is 1. The Morgan fingerprint density at radius 2 is 2.14 bits per heavy atom. The number of nitro groups is 1. The van der Waals surface area contributed by atoms with E-state index in [4.69, 9.17) is 5.11 Å². The Labute approximate surface area is 118 Å². The molecule has 0 radical (unpaired) electrons. The molecule has 21 heavy (non-hydrogen) atoms. The first kappa shape index (κ1) is 14.7. The molecular formula is C12H13N3O6. The van der Waals surface area contributed by atoms with Crippen LogP contribution in [0.4, 0.5) is 5.69 Å². The third kappa shape index (κ3) is 3.07. The number of carbonyl (C=O) groups excluding carboxylic acids is 1. The molecule has 9 heteroatoms. The third-order valence-corrected chi connectivity index (χ3v) is 3.34. The summed E-state index contributed by atoms with van der Waals surface area (Å²) in [6, 6.07) is 1.16. The van der Waals surface area contributed by atoms with Crippen LogP contribution in [0.2, 0.25) is 0 Å². The number of amides is 1. The van der Waals surface area contributed by atoms with E-state index in [1.807, 2.05) is 0 Å². The van der Waals surface area contributed by atoms with Crippen LogP contribution in [-0.4, -0.2) is 44.0 Å². The van der Waals surface area contributed by atoms with Crippen LogP contribution >= 0.6 is 0 Å². The molecule has 1 N–H and O–H groups in total. The number of rotatable bonds is 4. The molecule has 1 aromatic heterocycles. The zero-order valence-electron chi connectivity index (χ0n) is 11.0. The second kappa shape index (κ2) is 5.73. The van der Waals surface area contributed by atoms with Crippen molar-refractivity contribution in [3.05, 3.63) is 38.8 Å². The summed E-state index contributed by atoms with van der Waals surface area (Å²) < 4.78 is 0.914. The van der Waals surface area contributed by atoms with Crippen LogP contribution in [0.25, 0.3) is 0 Å². The van der Waals surface area contributed by atoms with Gasteiger partial charge in [0.15, 0.2) is 0 Å². The van der Waals surface area contributed by atoms with Crippen LogP contribution < -0.4 is 5.56 Å². The summed E-state index contributed by atoms with van der Waals surface area (Å²) in [5, 5.41) is 19.7. The Balaban J connectivity index is 2.20. The summed E-state index contributed by atoms with van der Waals surface area (Å²) in [7, 11) is 0. The average molecular weight is 295 g/mol. The molecule has 1 aromatic rings. The highest BCUT2D eigenvalue weighted by Gasteiger charge is 2.33. The van der Waals surface area contributed by atoms with E-state index < -0.39 is 34.9 Å². The standard InChI is InChI=1S/C12H13N3O6/c16-10-4-3-8(15(20)21)6-13(10)7-11(17)14-5-1-2-9(14)12(18)19/h3-4,6,9H,1-2,5,7H2,(H,18,19)/t9-/m1/s1. The first-order valence-electron chi connectivity index (χ1n) is 6.27. The maximum Gasteiger partial charge on any atom is 0.326 e. The Kier molecular flexibility index (Phi) is 4.01. The summed E-state index contributed by atoms with van der Waals surface area (Å²) in [6.07, 6.45) is 1.92. The third-order valence-electron chi connectivity index (χ3n) is 3.34. The zero-order valence-corrected chi connectivity index (χ0v) is 11.0. The van der Waals surface area contributed by atoms with Gasteiger partial charge in [-0.05, 0) is 12.8 Å². The zero-order chi connectivity index (χ0) is 15.6. The number of pyridine rings is 1. The molecule has 0 saturated carbocycles. The quantitative estimate of drug-likeness (QED) is 0.607. The van der Waals surface area contributed by atoms with Crippen LogP contribution in [0.5, 0.6) is 0 Å². The molecule has 0 bridgehead atoms. The Morgan fingerprint density at radius 1 is 1.43 bits per heavy atom. The van der Waals surface area contributed by atoms with Crippen molar-refractivity contribution in [3.8, 4) is 0 Å². The van der Waals surface area contributed by atoms with E-state index >= 15 is 0 Å². The van der Waals surface area contributed by atoms with Gasteiger partial charge < -0.3 is 10.0 Å². The number of nitrogens with zero attached hydrogens (tertiary/aromatic N) is 3. The lowest BCUT2D eigenvalue weighted by Crippen LogP contribution is -2.43. The largest absolute Gasteiger partial charge is 0.480 e. The van der Waals surface area contributed by atoms with Crippen molar-refractivity contribution in [2.75, 3.05) is 6.54 Å². The first-order valence-corrected chi connectivity index (χ1v) is 6.27. The van der Waals surface area contributed by atoms with Crippen molar-refractivity contribution in [3.63, 3.8) is 0 Å². The van der Waals surface area contributed by atoms with Gasteiger partial charge in [0.25, 0.3) is 11.2 Å². The van der Waals surface area contributed by atoms with E-state index in [2.05, 4.69) is 0 Å². The summed E-state index contributed by atoms with van der Waals surface area (Å²) in [5.74, 6) is -1.63. The monoisotopic (exact) mass is 295 g/mol. The maximum atomic E-state index is 12.1. The summed E-state index contributed by atoms with van der Waals surface area (Å²) in [4.78, 5) is 45.9. The molecule has 1 fully saturated rings. The number of aliphatic carboxylic acids is 1. The summed E-state index contributed by atoms with van der Waals surface area (Å²) >= 11 is 0. The molecule has 0 aliphatic carbocycles. The Hall–Kier alpha value is -2.71. The predicted molar refractivity (Wildman–Crippen MR) is 69.7 cm³/mol. The molecule has 9 nitrogen and oxygen atoms in total. The van der Waals surface area contributed by atoms with Gasteiger partial charge >= 0.3 is 5.97 Å². The highest BCUT2D eigenvalue weighted by Crippen LogP contribution is 2.18. The highest BCUT2D eigenvalue weighted by atomic mass is 16.6. The Morgan fingerprint density at radius 3 is 2.76 bits per heavy atom. The number of carbonyl (C=O) groups is 2. The smallest absolute Gasteiger partial charge is 0.326 e. The minimum atomic E-state index is -1.09. The first-order chi connectivity index (χ1) is 9.90. The molecule has 0 aromatic carbocycles. The normalized spacial score (nSPS) is 17.7. The van der Waals surface area contributed by atoms with E-state index in [1.165, 1.54) is 4.90 Å². The molecule has 0 unspecified atom stereocenters. The van der Waals surface area contributed by atoms with E-state index in [0.717, 1.165) is 22.9 Å². The SMILES string of the molecule is O=C(O)[C@H]1CCCN1C(=O)Cn1cc([N+](=O)[O-])ccc1=O. The van der Waals surface area contributed by atoms with Gasteiger partial charge in [0.2, 0.25) is 5.91 Å². The van der Waals surface area contributed by atoms with Crippen LogP contribution in [-0.2, 0) is 16.1 Å². The van der Waals surface area contributed by atoms with Crippen LogP contribution in [0, 0.1) is 10.1 Å². The van der Waals surface area contributed by atoms with Gasteiger partial charge in [-0.15, -0.1) is 0 Å². The van der Waals surface area contributed by atoms with Gasteiger partial charge in [-0.2, -0.15) is 0 Å². The highest BCUT2D eigenvalue weighted by molar-refractivity contribution is 5.84. The number of carboxylic acids is 1. The number of carboxylic acid groups (broad SMARTS) is 1. The molecular weight excluding hydrogens is 282 g/mol. The molecule has 1 aliphatic rings.